The minimum Gasteiger partial charge on any atom is -0.491 e. The number of piperidine rings is 1. The highest BCUT2D eigenvalue weighted by atomic mass is 16.5. The molecule has 1 saturated heterocycles. The molecule has 0 spiro atoms. The van der Waals surface area contributed by atoms with E-state index >= 15 is 0 Å². The van der Waals surface area contributed by atoms with E-state index < -0.39 is 6.10 Å². The van der Waals surface area contributed by atoms with Crippen molar-refractivity contribution in [3.8, 4) is 5.75 Å². The summed E-state index contributed by atoms with van der Waals surface area (Å²) in [5.74, 6) is 1.74. The van der Waals surface area contributed by atoms with Crippen molar-refractivity contribution in [3.63, 3.8) is 0 Å². The molecule has 4 nitrogen and oxygen atoms in total. The standard InChI is InChI=1S/C25H43NO3/c1-19-10-12-26(13-11-19)17-21(27)18-28-14-15-29-23-9-8-20(24(2,3)4)16-22(23)25(5,6)7/h8-9,16,19,21,27H,10-15,17-18H2,1-7H3. The van der Waals surface area contributed by atoms with Gasteiger partial charge < -0.3 is 19.5 Å². The monoisotopic (exact) mass is 405 g/mol. The minimum atomic E-state index is -0.431. The zero-order valence-corrected chi connectivity index (χ0v) is 19.8. The quantitative estimate of drug-likeness (QED) is 0.633. The summed E-state index contributed by atoms with van der Waals surface area (Å²) in [4.78, 5) is 2.34. The number of nitrogens with zero attached hydrogens (tertiary/aromatic N) is 1. The van der Waals surface area contributed by atoms with Gasteiger partial charge in [0.2, 0.25) is 0 Å². The lowest BCUT2D eigenvalue weighted by Crippen LogP contribution is -2.40. The third-order valence-electron chi connectivity index (χ3n) is 5.79. The first-order valence-electron chi connectivity index (χ1n) is 11.2. The van der Waals surface area contributed by atoms with Crippen LogP contribution in [0.15, 0.2) is 18.2 Å². The molecule has 1 unspecified atom stereocenters. The molecule has 1 aromatic rings. The SMILES string of the molecule is CC1CCN(CC(O)COCCOc2ccc(C(C)(C)C)cc2C(C)(C)C)CC1. The van der Waals surface area contributed by atoms with E-state index in [1.807, 2.05) is 0 Å². The van der Waals surface area contributed by atoms with Gasteiger partial charge in [-0.05, 0) is 59.9 Å². The van der Waals surface area contributed by atoms with Gasteiger partial charge in [0, 0.05) is 6.54 Å². The van der Waals surface area contributed by atoms with E-state index in [2.05, 4.69) is 71.6 Å². The van der Waals surface area contributed by atoms with Gasteiger partial charge in [-0.25, -0.2) is 0 Å². The molecule has 0 amide bonds. The largest absolute Gasteiger partial charge is 0.491 e. The first-order chi connectivity index (χ1) is 13.5. The Labute approximate surface area is 178 Å². The predicted octanol–water partition coefficient (Wildman–Crippen LogP) is 4.77. The topological polar surface area (TPSA) is 41.9 Å². The third kappa shape index (κ3) is 7.92. The normalized spacial score (nSPS) is 18.1. The number of β-amino-alcohol motifs (C(OH)–C–C–N with tert-alkyl or cyclic N) is 1. The van der Waals surface area contributed by atoms with Crippen LogP contribution in [0.1, 0.15) is 72.4 Å². The highest BCUT2D eigenvalue weighted by molar-refractivity contribution is 5.43. The van der Waals surface area contributed by atoms with E-state index in [0.717, 1.165) is 24.8 Å². The van der Waals surface area contributed by atoms with Gasteiger partial charge in [-0.1, -0.05) is 60.6 Å². The van der Waals surface area contributed by atoms with Gasteiger partial charge in [-0.2, -0.15) is 0 Å². The molecule has 1 atom stereocenters. The highest BCUT2D eigenvalue weighted by Crippen LogP contribution is 2.35. The first-order valence-corrected chi connectivity index (χ1v) is 11.2. The zero-order valence-electron chi connectivity index (χ0n) is 19.8. The van der Waals surface area contributed by atoms with Crippen LogP contribution >= 0.6 is 0 Å². The summed E-state index contributed by atoms with van der Waals surface area (Å²) in [6.07, 6.45) is 2.02. The van der Waals surface area contributed by atoms with Crippen LogP contribution in [0.25, 0.3) is 0 Å². The van der Waals surface area contributed by atoms with Crippen LogP contribution in [0.2, 0.25) is 0 Å². The molecule has 1 heterocycles. The maximum absolute atomic E-state index is 10.2. The molecule has 0 aromatic heterocycles. The van der Waals surface area contributed by atoms with E-state index in [1.165, 1.54) is 24.0 Å². The Balaban J connectivity index is 1.78. The van der Waals surface area contributed by atoms with Crippen LogP contribution < -0.4 is 4.74 Å². The zero-order chi connectivity index (χ0) is 21.7. The maximum atomic E-state index is 10.2. The van der Waals surface area contributed by atoms with Gasteiger partial charge in [0.1, 0.15) is 12.4 Å². The van der Waals surface area contributed by atoms with Gasteiger partial charge in [0.15, 0.2) is 0 Å². The molecular formula is C25H43NO3. The summed E-state index contributed by atoms with van der Waals surface area (Å²) in [7, 11) is 0. The average Bonchev–Trinajstić information content (AvgIpc) is 2.62. The molecule has 166 valence electrons. The third-order valence-corrected chi connectivity index (χ3v) is 5.79. The molecule has 2 rings (SSSR count). The van der Waals surface area contributed by atoms with E-state index in [9.17, 15) is 5.11 Å². The molecule has 4 heteroatoms. The lowest BCUT2D eigenvalue weighted by atomic mass is 9.80. The Hall–Kier alpha value is -1.10. The molecule has 0 bridgehead atoms. The number of ether oxygens (including phenoxy) is 2. The molecule has 0 saturated carbocycles. The van der Waals surface area contributed by atoms with Gasteiger partial charge in [0.05, 0.1) is 19.3 Å². The van der Waals surface area contributed by atoms with Crippen molar-refractivity contribution in [2.45, 2.75) is 78.2 Å². The van der Waals surface area contributed by atoms with E-state index in [4.69, 9.17) is 9.47 Å². The fraction of sp³-hybridized carbons (Fsp3) is 0.760. The second-order valence-corrected chi connectivity index (χ2v) is 10.8. The molecule has 1 aliphatic rings. The summed E-state index contributed by atoms with van der Waals surface area (Å²) in [5, 5.41) is 10.2. The Morgan fingerprint density at radius 3 is 2.28 bits per heavy atom. The first kappa shape index (κ1) is 24.2. The number of hydrogen-bond donors (Lipinski definition) is 1. The van der Waals surface area contributed by atoms with Crippen LogP contribution in [0.5, 0.6) is 5.75 Å². The van der Waals surface area contributed by atoms with E-state index in [0.29, 0.717) is 26.4 Å². The van der Waals surface area contributed by atoms with Gasteiger partial charge in [0.25, 0.3) is 0 Å². The number of benzene rings is 1. The summed E-state index contributed by atoms with van der Waals surface area (Å²) >= 11 is 0. The summed E-state index contributed by atoms with van der Waals surface area (Å²) in [5.41, 5.74) is 2.68. The van der Waals surface area contributed by atoms with Crippen LogP contribution in [0.3, 0.4) is 0 Å². The van der Waals surface area contributed by atoms with Crippen LogP contribution in [-0.4, -0.2) is 55.6 Å². The van der Waals surface area contributed by atoms with Crippen LogP contribution in [-0.2, 0) is 15.6 Å². The Morgan fingerprint density at radius 1 is 1.03 bits per heavy atom. The van der Waals surface area contributed by atoms with Crippen molar-refractivity contribution in [2.24, 2.45) is 5.92 Å². The van der Waals surface area contributed by atoms with Gasteiger partial charge >= 0.3 is 0 Å². The van der Waals surface area contributed by atoms with Crippen molar-refractivity contribution in [1.82, 2.24) is 4.90 Å². The van der Waals surface area contributed by atoms with Crippen molar-refractivity contribution < 1.29 is 14.6 Å². The maximum Gasteiger partial charge on any atom is 0.123 e. The summed E-state index contributed by atoms with van der Waals surface area (Å²) in [6, 6.07) is 6.53. The highest BCUT2D eigenvalue weighted by Gasteiger charge is 2.23. The lowest BCUT2D eigenvalue weighted by molar-refractivity contribution is 0.00321. The smallest absolute Gasteiger partial charge is 0.123 e. The Morgan fingerprint density at radius 2 is 1.69 bits per heavy atom. The molecule has 29 heavy (non-hydrogen) atoms. The predicted molar refractivity (Wildman–Crippen MR) is 121 cm³/mol. The number of aliphatic hydroxyl groups is 1. The minimum absolute atomic E-state index is 0.0135. The summed E-state index contributed by atoms with van der Waals surface area (Å²) in [6.45, 7) is 19.9. The second kappa shape index (κ2) is 10.3. The van der Waals surface area contributed by atoms with E-state index in [-0.39, 0.29) is 10.8 Å². The lowest BCUT2D eigenvalue weighted by Gasteiger charge is -2.31. The van der Waals surface area contributed by atoms with Crippen molar-refractivity contribution in [3.05, 3.63) is 29.3 Å². The Bertz CT molecular complexity index is 622. The molecule has 0 aliphatic carbocycles. The molecule has 0 radical (unpaired) electrons. The molecule has 1 aromatic carbocycles. The second-order valence-electron chi connectivity index (χ2n) is 10.8. The van der Waals surface area contributed by atoms with Crippen LogP contribution in [0.4, 0.5) is 0 Å². The Kier molecular flexibility index (Phi) is 8.57. The number of rotatable bonds is 8. The van der Waals surface area contributed by atoms with Gasteiger partial charge in [-0.15, -0.1) is 0 Å². The van der Waals surface area contributed by atoms with Crippen molar-refractivity contribution in [2.75, 3.05) is 39.5 Å². The van der Waals surface area contributed by atoms with Crippen molar-refractivity contribution in [1.29, 1.82) is 0 Å². The fourth-order valence-corrected chi connectivity index (χ4v) is 3.73. The molecule has 1 aliphatic heterocycles. The molecule has 1 N–H and O–H groups in total. The fourth-order valence-electron chi connectivity index (χ4n) is 3.73. The average molecular weight is 406 g/mol. The van der Waals surface area contributed by atoms with E-state index in [1.54, 1.807) is 0 Å². The van der Waals surface area contributed by atoms with Gasteiger partial charge in [-0.3, -0.25) is 0 Å². The number of hydrogen-bond acceptors (Lipinski definition) is 4. The molecular weight excluding hydrogens is 362 g/mol. The number of likely N-dealkylation sites (tertiary alicyclic amines) is 1. The van der Waals surface area contributed by atoms with Crippen LogP contribution in [0, 0.1) is 5.92 Å². The number of aliphatic hydroxyl groups excluding tert-OH is 1. The van der Waals surface area contributed by atoms with Crippen molar-refractivity contribution >= 4 is 0 Å². The summed E-state index contributed by atoms with van der Waals surface area (Å²) < 4.78 is 11.7. The molecule has 1 fully saturated rings.